The first-order chi connectivity index (χ1) is 8.14. The fourth-order valence-electron chi connectivity index (χ4n) is 2.17. The standard InChI is InChI=1S/C13H16FNO2/c1-17-12(16)13(14)7-8-15(10-13)9-11-5-3-2-4-6-11/h2-6H,7-10H2,1H3. The molecule has 0 spiro atoms. The van der Waals surface area contributed by atoms with Gasteiger partial charge in [0.1, 0.15) is 0 Å². The van der Waals surface area contributed by atoms with E-state index in [9.17, 15) is 9.18 Å². The molecule has 2 rings (SSSR count). The second-order valence-corrected chi connectivity index (χ2v) is 4.40. The highest BCUT2D eigenvalue weighted by Gasteiger charge is 2.46. The van der Waals surface area contributed by atoms with Crippen molar-refractivity contribution in [3.05, 3.63) is 35.9 Å². The van der Waals surface area contributed by atoms with Crippen molar-refractivity contribution in [3.8, 4) is 0 Å². The van der Waals surface area contributed by atoms with Gasteiger partial charge in [0.25, 0.3) is 0 Å². The van der Waals surface area contributed by atoms with Gasteiger partial charge in [0.2, 0.25) is 5.67 Å². The average Bonchev–Trinajstić information content (AvgIpc) is 2.72. The van der Waals surface area contributed by atoms with Gasteiger partial charge in [-0.25, -0.2) is 9.18 Å². The number of ether oxygens (including phenoxy) is 1. The van der Waals surface area contributed by atoms with Crippen LogP contribution < -0.4 is 0 Å². The third kappa shape index (κ3) is 2.64. The van der Waals surface area contributed by atoms with Crippen LogP contribution in [-0.2, 0) is 16.1 Å². The van der Waals surface area contributed by atoms with Crippen molar-refractivity contribution in [3.63, 3.8) is 0 Å². The van der Waals surface area contributed by atoms with Crippen LogP contribution in [-0.4, -0.2) is 36.7 Å². The van der Waals surface area contributed by atoms with E-state index in [-0.39, 0.29) is 13.0 Å². The number of nitrogens with zero attached hydrogens (tertiary/aromatic N) is 1. The lowest BCUT2D eigenvalue weighted by Crippen LogP contribution is -2.37. The van der Waals surface area contributed by atoms with Gasteiger partial charge < -0.3 is 4.74 Å². The largest absolute Gasteiger partial charge is 0.467 e. The number of hydrogen-bond acceptors (Lipinski definition) is 3. The second kappa shape index (κ2) is 4.84. The van der Waals surface area contributed by atoms with Crippen LogP contribution in [0.2, 0.25) is 0 Å². The van der Waals surface area contributed by atoms with E-state index >= 15 is 0 Å². The molecule has 92 valence electrons. The number of halogens is 1. The van der Waals surface area contributed by atoms with Gasteiger partial charge in [0, 0.05) is 26.1 Å². The lowest BCUT2D eigenvalue weighted by atomic mass is 10.1. The van der Waals surface area contributed by atoms with E-state index in [0.29, 0.717) is 13.1 Å². The number of likely N-dealkylation sites (tertiary alicyclic amines) is 1. The van der Waals surface area contributed by atoms with Crippen molar-refractivity contribution in [1.82, 2.24) is 4.90 Å². The number of carbonyl (C=O) groups is 1. The lowest BCUT2D eigenvalue weighted by molar-refractivity contribution is -0.153. The Kier molecular flexibility index (Phi) is 3.43. The molecule has 0 radical (unpaired) electrons. The molecular weight excluding hydrogens is 221 g/mol. The quantitative estimate of drug-likeness (QED) is 0.750. The maximum Gasteiger partial charge on any atom is 0.345 e. The fourth-order valence-corrected chi connectivity index (χ4v) is 2.17. The molecule has 0 aromatic heterocycles. The second-order valence-electron chi connectivity index (χ2n) is 4.40. The van der Waals surface area contributed by atoms with Crippen molar-refractivity contribution in [2.24, 2.45) is 0 Å². The highest BCUT2D eigenvalue weighted by molar-refractivity contribution is 5.80. The molecule has 1 saturated heterocycles. The van der Waals surface area contributed by atoms with E-state index in [1.165, 1.54) is 7.11 Å². The van der Waals surface area contributed by atoms with E-state index < -0.39 is 11.6 Å². The molecule has 0 saturated carbocycles. The summed E-state index contributed by atoms with van der Waals surface area (Å²) >= 11 is 0. The topological polar surface area (TPSA) is 29.5 Å². The van der Waals surface area contributed by atoms with Crippen LogP contribution in [0.1, 0.15) is 12.0 Å². The van der Waals surface area contributed by atoms with E-state index in [4.69, 9.17) is 0 Å². The number of hydrogen-bond donors (Lipinski definition) is 0. The Hall–Kier alpha value is -1.42. The van der Waals surface area contributed by atoms with Crippen molar-refractivity contribution < 1.29 is 13.9 Å². The first-order valence-electron chi connectivity index (χ1n) is 5.68. The molecule has 1 fully saturated rings. The molecule has 0 amide bonds. The molecule has 4 heteroatoms. The molecular formula is C13H16FNO2. The number of carbonyl (C=O) groups excluding carboxylic acids is 1. The van der Waals surface area contributed by atoms with E-state index in [2.05, 4.69) is 4.74 Å². The Balaban J connectivity index is 1.97. The van der Waals surface area contributed by atoms with Gasteiger partial charge in [-0.05, 0) is 5.56 Å². The maximum atomic E-state index is 14.1. The zero-order chi connectivity index (χ0) is 12.3. The van der Waals surface area contributed by atoms with E-state index in [1.54, 1.807) is 0 Å². The summed E-state index contributed by atoms with van der Waals surface area (Å²) in [6.45, 7) is 1.37. The number of alkyl halides is 1. The van der Waals surface area contributed by atoms with Crippen LogP contribution in [0.15, 0.2) is 30.3 Å². The number of rotatable bonds is 3. The third-order valence-corrected chi connectivity index (χ3v) is 3.10. The Labute approximate surface area is 100 Å². The molecule has 1 aromatic carbocycles. The van der Waals surface area contributed by atoms with Crippen LogP contribution in [0, 0.1) is 0 Å². The molecule has 1 heterocycles. The first kappa shape index (κ1) is 12.0. The predicted octanol–water partition coefficient (Wildman–Crippen LogP) is 1.77. The summed E-state index contributed by atoms with van der Waals surface area (Å²) in [5.74, 6) is -0.756. The minimum atomic E-state index is -1.83. The zero-order valence-electron chi connectivity index (χ0n) is 9.86. The van der Waals surface area contributed by atoms with Crippen LogP contribution >= 0.6 is 0 Å². The van der Waals surface area contributed by atoms with Crippen molar-refractivity contribution in [1.29, 1.82) is 0 Å². The van der Waals surface area contributed by atoms with Crippen LogP contribution in [0.3, 0.4) is 0 Å². The molecule has 0 aliphatic carbocycles. The van der Waals surface area contributed by atoms with Crippen molar-refractivity contribution in [2.45, 2.75) is 18.6 Å². The summed E-state index contributed by atoms with van der Waals surface area (Å²) in [5, 5.41) is 0. The zero-order valence-corrected chi connectivity index (χ0v) is 9.86. The summed E-state index contributed by atoms with van der Waals surface area (Å²) in [6.07, 6.45) is 0.215. The smallest absolute Gasteiger partial charge is 0.345 e. The Bertz CT molecular complexity index is 396. The van der Waals surface area contributed by atoms with Crippen LogP contribution in [0.25, 0.3) is 0 Å². The molecule has 1 aliphatic rings. The molecule has 1 unspecified atom stereocenters. The summed E-state index contributed by atoms with van der Waals surface area (Å²) in [6, 6.07) is 9.84. The van der Waals surface area contributed by atoms with E-state index in [0.717, 1.165) is 5.56 Å². The fraction of sp³-hybridized carbons (Fsp3) is 0.462. The van der Waals surface area contributed by atoms with Gasteiger partial charge in [0.05, 0.1) is 7.11 Å². The average molecular weight is 237 g/mol. The minimum Gasteiger partial charge on any atom is -0.467 e. The van der Waals surface area contributed by atoms with Crippen LogP contribution in [0.4, 0.5) is 4.39 Å². The van der Waals surface area contributed by atoms with Crippen molar-refractivity contribution in [2.75, 3.05) is 20.2 Å². The summed E-state index contributed by atoms with van der Waals surface area (Å²) in [5.41, 5.74) is -0.703. The molecule has 0 N–H and O–H groups in total. The van der Waals surface area contributed by atoms with E-state index in [1.807, 2.05) is 35.2 Å². The Morgan fingerprint density at radius 2 is 2.18 bits per heavy atom. The lowest BCUT2D eigenvalue weighted by Gasteiger charge is -2.18. The van der Waals surface area contributed by atoms with Gasteiger partial charge in [-0.3, -0.25) is 4.90 Å². The molecule has 0 bridgehead atoms. The summed E-state index contributed by atoms with van der Waals surface area (Å²) in [4.78, 5) is 13.2. The predicted molar refractivity (Wildman–Crippen MR) is 62.2 cm³/mol. The summed E-state index contributed by atoms with van der Waals surface area (Å²) < 4.78 is 18.6. The number of methoxy groups -OCH3 is 1. The highest BCUT2D eigenvalue weighted by Crippen LogP contribution is 2.27. The monoisotopic (exact) mass is 237 g/mol. The minimum absolute atomic E-state index is 0.120. The Morgan fingerprint density at radius 1 is 1.47 bits per heavy atom. The van der Waals surface area contributed by atoms with Crippen molar-refractivity contribution >= 4 is 5.97 Å². The molecule has 1 aromatic rings. The first-order valence-corrected chi connectivity index (χ1v) is 5.68. The maximum absolute atomic E-state index is 14.1. The molecule has 1 atom stereocenters. The third-order valence-electron chi connectivity index (χ3n) is 3.10. The van der Waals surface area contributed by atoms with Gasteiger partial charge in [-0.15, -0.1) is 0 Å². The van der Waals surface area contributed by atoms with Gasteiger partial charge in [-0.2, -0.15) is 0 Å². The van der Waals surface area contributed by atoms with Gasteiger partial charge >= 0.3 is 5.97 Å². The van der Waals surface area contributed by atoms with Gasteiger partial charge in [-0.1, -0.05) is 30.3 Å². The van der Waals surface area contributed by atoms with Crippen LogP contribution in [0.5, 0.6) is 0 Å². The molecule has 17 heavy (non-hydrogen) atoms. The van der Waals surface area contributed by atoms with Gasteiger partial charge in [0.15, 0.2) is 0 Å². The summed E-state index contributed by atoms with van der Waals surface area (Å²) in [7, 11) is 1.23. The molecule has 1 aliphatic heterocycles. The Morgan fingerprint density at radius 3 is 2.82 bits per heavy atom. The normalized spacial score (nSPS) is 24.8. The SMILES string of the molecule is COC(=O)C1(F)CCN(Cc2ccccc2)C1. The number of esters is 1. The highest BCUT2D eigenvalue weighted by atomic mass is 19.1. The number of benzene rings is 1. The molecule has 3 nitrogen and oxygen atoms in total.